The van der Waals surface area contributed by atoms with Crippen LogP contribution < -0.4 is 4.74 Å². The first-order valence-electron chi connectivity index (χ1n) is 6.36. The van der Waals surface area contributed by atoms with Crippen LogP contribution in [0, 0.1) is 0 Å². The minimum absolute atomic E-state index is 0.0429. The molecule has 1 atom stereocenters. The Labute approximate surface area is 121 Å². The molecule has 5 heteroatoms. The smallest absolute Gasteiger partial charge is 0.223 e. The molecule has 0 aromatic carbocycles. The molecule has 1 fully saturated rings. The fraction of sp³-hybridized carbons (Fsp3) is 0.429. The average molecular weight is 325 g/mol. The quantitative estimate of drug-likeness (QED) is 0.782. The number of carbonyl (C=O) groups is 1. The van der Waals surface area contributed by atoms with Gasteiger partial charge in [0, 0.05) is 36.1 Å². The second-order valence-electron chi connectivity index (χ2n) is 4.51. The summed E-state index contributed by atoms with van der Waals surface area (Å²) in [6.07, 6.45) is 5.64. The normalized spacial score (nSPS) is 18.4. The van der Waals surface area contributed by atoms with Gasteiger partial charge in [-0.2, -0.15) is 0 Å². The van der Waals surface area contributed by atoms with Gasteiger partial charge < -0.3 is 9.64 Å². The zero-order valence-electron chi connectivity index (χ0n) is 10.7. The Hall–Kier alpha value is -1.36. The van der Waals surface area contributed by atoms with Crippen molar-refractivity contribution in [3.05, 3.63) is 35.5 Å². The van der Waals surface area contributed by atoms with Gasteiger partial charge in [0.15, 0.2) is 0 Å². The summed E-state index contributed by atoms with van der Waals surface area (Å²) in [4.78, 5) is 17.9. The molecule has 2 heterocycles. The van der Waals surface area contributed by atoms with E-state index in [1.165, 1.54) is 0 Å². The van der Waals surface area contributed by atoms with Crippen LogP contribution in [0.4, 0.5) is 0 Å². The number of hydrogen-bond acceptors (Lipinski definition) is 3. The number of pyridine rings is 1. The van der Waals surface area contributed by atoms with Crippen LogP contribution in [0.15, 0.2) is 35.5 Å². The first-order chi connectivity index (χ1) is 9.19. The van der Waals surface area contributed by atoms with E-state index in [2.05, 4.69) is 27.5 Å². The van der Waals surface area contributed by atoms with E-state index in [9.17, 15) is 4.79 Å². The van der Waals surface area contributed by atoms with Crippen molar-refractivity contribution in [3.8, 4) is 5.88 Å². The number of hydrogen-bond donors (Lipinski definition) is 0. The Morgan fingerprint density at radius 3 is 3.16 bits per heavy atom. The van der Waals surface area contributed by atoms with Gasteiger partial charge >= 0.3 is 0 Å². The number of carbonyl (C=O) groups excluding carboxylic acids is 1. The second kappa shape index (κ2) is 6.70. The molecular formula is C14H17BrN2O2. The number of aromatic nitrogens is 1. The fourth-order valence-corrected chi connectivity index (χ4v) is 2.27. The molecule has 4 nitrogen and oxygen atoms in total. The third kappa shape index (κ3) is 4.06. The van der Waals surface area contributed by atoms with Gasteiger partial charge in [-0.3, -0.25) is 4.79 Å². The van der Waals surface area contributed by atoms with Gasteiger partial charge in [-0.25, -0.2) is 4.98 Å². The second-order valence-corrected chi connectivity index (χ2v) is 5.43. The van der Waals surface area contributed by atoms with Crippen LogP contribution >= 0.6 is 15.9 Å². The van der Waals surface area contributed by atoms with Crippen LogP contribution in [0.2, 0.25) is 0 Å². The van der Waals surface area contributed by atoms with E-state index in [0.29, 0.717) is 18.8 Å². The van der Waals surface area contributed by atoms with E-state index in [1.54, 1.807) is 12.3 Å². The number of halogens is 1. The van der Waals surface area contributed by atoms with Crippen molar-refractivity contribution in [3.63, 3.8) is 0 Å². The van der Waals surface area contributed by atoms with Gasteiger partial charge in [-0.15, -0.1) is 6.58 Å². The molecule has 0 spiro atoms. The van der Waals surface area contributed by atoms with Crippen LogP contribution in [-0.4, -0.2) is 35.0 Å². The highest BCUT2D eigenvalue weighted by Crippen LogP contribution is 2.19. The molecule has 0 saturated carbocycles. The Balaban J connectivity index is 1.83. The highest BCUT2D eigenvalue weighted by atomic mass is 79.9. The maximum Gasteiger partial charge on any atom is 0.223 e. The van der Waals surface area contributed by atoms with Crippen molar-refractivity contribution < 1.29 is 9.53 Å². The SMILES string of the molecule is C=CCCC(=O)N1CCC(Oc2ccc(Br)cn2)C1. The van der Waals surface area contributed by atoms with E-state index in [1.807, 2.05) is 17.0 Å². The molecule has 1 aliphatic heterocycles. The summed E-state index contributed by atoms with van der Waals surface area (Å²) in [5.41, 5.74) is 0. The van der Waals surface area contributed by atoms with Gasteiger partial charge in [0.25, 0.3) is 0 Å². The number of nitrogens with zero attached hydrogens (tertiary/aromatic N) is 2. The molecule has 2 rings (SSSR count). The highest BCUT2D eigenvalue weighted by molar-refractivity contribution is 9.10. The van der Waals surface area contributed by atoms with Crippen LogP contribution in [-0.2, 0) is 4.79 Å². The van der Waals surface area contributed by atoms with E-state index in [-0.39, 0.29) is 12.0 Å². The predicted octanol–water partition coefficient (Wildman–Crippen LogP) is 2.79. The first-order valence-corrected chi connectivity index (χ1v) is 7.15. The Morgan fingerprint density at radius 2 is 2.47 bits per heavy atom. The van der Waals surface area contributed by atoms with Crippen LogP contribution in [0.3, 0.4) is 0 Å². The predicted molar refractivity (Wildman–Crippen MR) is 77.0 cm³/mol. The summed E-state index contributed by atoms with van der Waals surface area (Å²) < 4.78 is 6.69. The largest absolute Gasteiger partial charge is 0.472 e. The molecule has 0 radical (unpaired) electrons. The molecular weight excluding hydrogens is 308 g/mol. The monoisotopic (exact) mass is 324 g/mol. The van der Waals surface area contributed by atoms with E-state index in [4.69, 9.17) is 4.74 Å². The topological polar surface area (TPSA) is 42.4 Å². The summed E-state index contributed by atoms with van der Waals surface area (Å²) in [6, 6.07) is 3.72. The minimum Gasteiger partial charge on any atom is -0.472 e. The van der Waals surface area contributed by atoms with Gasteiger partial charge in [0.2, 0.25) is 11.8 Å². The van der Waals surface area contributed by atoms with Gasteiger partial charge in [-0.05, 0) is 28.4 Å². The molecule has 0 aliphatic carbocycles. The number of rotatable bonds is 5. The van der Waals surface area contributed by atoms with E-state index in [0.717, 1.165) is 23.9 Å². The lowest BCUT2D eigenvalue weighted by Crippen LogP contribution is -2.30. The lowest BCUT2D eigenvalue weighted by molar-refractivity contribution is -0.130. The minimum atomic E-state index is 0.0429. The molecule has 102 valence electrons. The van der Waals surface area contributed by atoms with Crippen molar-refractivity contribution in [2.45, 2.75) is 25.4 Å². The fourth-order valence-electron chi connectivity index (χ4n) is 2.04. The number of likely N-dealkylation sites (tertiary alicyclic amines) is 1. The summed E-state index contributed by atoms with van der Waals surface area (Å²) in [6.45, 7) is 5.04. The summed E-state index contributed by atoms with van der Waals surface area (Å²) in [7, 11) is 0. The summed E-state index contributed by atoms with van der Waals surface area (Å²) in [5.74, 6) is 0.781. The zero-order chi connectivity index (χ0) is 13.7. The lowest BCUT2D eigenvalue weighted by atomic mass is 10.3. The maximum atomic E-state index is 11.8. The van der Waals surface area contributed by atoms with Crippen molar-refractivity contribution in [1.82, 2.24) is 9.88 Å². The molecule has 0 N–H and O–H groups in total. The molecule has 1 amide bonds. The van der Waals surface area contributed by atoms with Crippen LogP contribution in [0.5, 0.6) is 5.88 Å². The van der Waals surface area contributed by atoms with Gasteiger partial charge in [0.1, 0.15) is 6.10 Å². The van der Waals surface area contributed by atoms with Crippen molar-refractivity contribution in [1.29, 1.82) is 0 Å². The molecule has 1 aromatic heterocycles. The molecule has 0 bridgehead atoms. The Kier molecular flexibility index (Phi) is 4.96. The number of allylic oxidation sites excluding steroid dienone is 1. The van der Waals surface area contributed by atoms with Crippen molar-refractivity contribution in [2.24, 2.45) is 0 Å². The van der Waals surface area contributed by atoms with Gasteiger partial charge in [0.05, 0.1) is 6.54 Å². The molecule has 1 aliphatic rings. The third-order valence-corrected chi connectivity index (χ3v) is 3.52. The molecule has 1 saturated heterocycles. The van der Waals surface area contributed by atoms with Crippen molar-refractivity contribution in [2.75, 3.05) is 13.1 Å². The zero-order valence-corrected chi connectivity index (χ0v) is 12.3. The average Bonchev–Trinajstić information content (AvgIpc) is 2.87. The molecule has 19 heavy (non-hydrogen) atoms. The number of amides is 1. The lowest BCUT2D eigenvalue weighted by Gasteiger charge is -2.16. The summed E-state index contributed by atoms with van der Waals surface area (Å²) >= 11 is 3.33. The standard InChI is InChI=1S/C14H17BrN2O2/c1-2-3-4-14(18)17-8-7-12(10-17)19-13-6-5-11(15)9-16-13/h2,5-6,9,12H,1,3-4,7-8,10H2. The third-order valence-electron chi connectivity index (χ3n) is 3.05. The maximum absolute atomic E-state index is 11.8. The first kappa shape index (κ1) is 14.1. The highest BCUT2D eigenvalue weighted by Gasteiger charge is 2.27. The van der Waals surface area contributed by atoms with E-state index < -0.39 is 0 Å². The number of ether oxygens (including phenoxy) is 1. The molecule has 1 aromatic rings. The van der Waals surface area contributed by atoms with Crippen LogP contribution in [0.1, 0.15) is 19.3 Å². The van der Waals surface area contributed by atoms with Gasteiger partial charge in [-0.1, -0.05) is 6.08 Å². The van der Waals surface area contributed by atoms with Crippen molar-refractivity contribution >= 4 is 21.8 Å². The van der Waals surface area contributed by atoms with E-state index >= 15 is 0 Å². The Bertz CT molecular complexity index is 447. The molecule has 1 unspecified atom stereocenters. The van der Waals surface area contributed by atoms with Crippen LogP contribution in [0.25, 0.3) is 0 Å². The summed E-state index contributed by atoms with van der Waals surface area (Å²) in [5, 5.41) is 0. The Morgan fingerprint density at radius 1 is 1.63 bits per heavy atom.